The van der Waals surface area contributed by atoms with Crippen molar-refractivity contribution < 1.29 is 9.90 Å². The zero-order valence-electron chi connectivity index (χ0n) is 16.2. The van der Waals surface area contributed by atoms with Crippen molar-refractivity contribution in [3.8, 4) is 11.1 Å². The van der Waals surface area contributed by atoms with E-state index in [0.29, 0.717) is 18.3 Å². The van der Waals surface area contributed by atoms with Crippen molar-refractivity contribution in [1.82, 2.24) is 0 Å². The highest BCUT2D eigenvalue weighted by Gasteiger charge is 2.57. The maximum absolute atomic E-state index is 12.9. The monoisotopic (exact) mass is 373 g/mol. The van der Waals surface area contributed by atoms with Crippen LogP contribution in [-0.4, -0.2) is 16.6 Å². The Morgan fingerprint density at radius 2 is 1.75 bits per heavy atom. The van der Waals surface area contributed by atoms with Gasteiger partial charge in [0.2, 0.25) is 5.91 Å². The van der Waals surface area contributed by atoms with Crippen molar-refractivity contribution in [2.75, 3.05) is 5.32 Å². The Hall–Kier alpha value is -2.13. The van der Waals surface area contributed by atoms with Crippen molar-refractivity contribution in [3.05, 3.63) is 53.6 Å². The minimum Gasteiger partial charge on any atom is -0.390 e. The maximum Gasteiger partial charge on any atom is 0.224 e. The zero-order chi connectivity index (χ0) is 18.9. The molecule has 1 amide bonds. The fraction of sp³-hybridized carbons (Fsp3) is 0.480. The predicted molar refractivity (Wildman–Crippen MR) is 110 cm³/mol. The van der Waals surface area contributed by atoms with Gasteiger partial charge in [-0.2, -0.15) is 0 Å². The summed E-state index contributed by atoms with van der Waals surface area (Å²) >= 11 is 0. The van der Waals surface area contributed by atoms with E-state index >= 15 is 0 Å². The molecular weight excluding hydrogens is 346 g/mol. The van der Waals surface area contributed by atoms with E-state index < -0.39 is 5.60 Å². The van der Waals surface area contributed by atoms with E-state index in [0.717, 1.165) is 44.2 Å². The van der Waals surface area contributed by atoms with E-state index in [2.05, 4.69) is 41.7 Å². The van der Waals surface area contributed by atoms with Crippen LogP contribution in [0.25, 0.3) is 11.1 Å². The molecule has 0 aromatic heterocycles. The molecule has 3 nitrogen and oxygen atoms in total. The van der Waals surface area contributed by atoms with Gasteiger partial charge in [0.15, 0.2) is 0 Å². The summed E-state index contributed by atoms with van der Waals surface area (Å²) in [6.45, 7) is 0. The van der Waals surface area contributed by atoms with Crippen LogP contribution in [0.15, 0.2) is 42.5 Å². The van der Waals surface area contributed by atoms with Crippen LogP contribution < -0.4 is 5.32 Å². The van der Waals surface area contributed by atoms with Crippen LogP contribution in [0.1, 0.15) is 56.1 Å². The standard InChI is InChI=1S/C25H27NO2/c27-23(14-24-10-16-7-17(11-24)13-25(28,12-16)15-24)26-20-5-6-22-19(9-20)8-18-3-1-2-4-21(18)22/h1-6,9,16-17,28H,7-8,10-15H2,(H,26,27)/t16-,17-,24?,25?/m1/s1. The van der Waals surface area contributed by atoms with E-state index in [1.54, 1.807) is 0 Å². The van der Waals surface area contributed by atoms with E-state index in [-0.39, 0.29) is 11.3 Å². The smallest absolute Gasteiger partial charge is 0.224 e. The fourth-order valence-electron chi connectivity index (χ4n) is 7.38. The Bertz CT molecular complexity index is 964. The van der Waals surface area contributed by atoms with Gasteiger partial charge in [-0.05, 0) is 96.6 Å². The molecule has 4 fully saturated rings. The molecule has 5 aliphatic carbocycles. The Kier molecular flexibility index (Phi) is 3.42. The molecule has 4 bridgehead atoms. The number of amides is 1. The third-order valence-electron chi connectivity index (χ3n) is 7.76. The van der Waals surface area contributed by atoms with E-state index in [1.807, 2.05) is 6.07 Å². The van der Waals surface area contributed by atoms with Gasteiger partial charge in [-0.3, -0.25) is 4.79 Å². The average Bonchev–Trinajstić information content (AvgIpc) is 2.96. The lowest BCUT2D eigenvalue weighted by atomic mass is 9.47. The quantitative estimate of drug-likeness (QED) is 0.685. The molecule has 0 spiro atoms. The first-order chi connectivity index (χ1) is 13.5. The van der Waals surface area contributed by atoms with Crippen LogP contribution in [0.4, 0.5) is 5.69 Å². The second kappa shape index (κ2) is 5.70. The molecule has 28 heavy (non-hydrogen) atoms. The number of nitrogens with one attached hydrogen (secondary N) is 1. The molecule has 0 unspecified atom stereocenters. The predicted octanol–water partition coefficient (Wildman–Crippen LogP) is 4.92. The summed E-state index contributed by atoms with van der Waals surface area (Å²) in [5, 5.41) is 14.1. The SMILES string of the molecule is O=C(CC12C[C@H]3C[C@@H](CC(O)(C3)C1)C2)Nc1ccc2c(c1)Cc1ccccc1-2. The van der Waals surface area contributed by atoms with Crippen LogP contribution in [0.5, 0.6) is 0 Å². The van der Waals surface area contributed by atoms with Crippen LogP contribution in [0.2, 0.25) is 0 Å². The highest BCUT2D eigenvalue weighted by Crippen LogP contribution is 2.62. The molecule has 4 saturated carbocycles. The Morgan fingerprint density at radius 1 is 1.00 bits per heavy atom. The Morgan fingerprint density at radius 3 is 2.54 bits per heavy atom. The van der Waals surface area contributed by atoms with Gasteiger partial charge < -0.3 is 10.4 Å². The summed E-state index contributed by atoms with van der Waals surface area (Å²) in [5.74, 6) is 1.36. The summed E-state index contributed by atoms with van der Waals surface area (Å²) in [7, 11) is 0. The largest absolute Gasteiger partial charge is 0.390 e. The number of fused-ring (bicyclic) bond motifs is 3. The molecule has 7 rings (SSSR count). The number of carbonyl (C=O) groups is 1. The third kappa shape index (κ3) is 2.63. The lowest BCUT2D eigenvalue weighted by Crippen LogP contribution is -2.56. The number of rotatable bonds is 3. The first-order valence-electron chi connectivity index (χ1n) is 10.7. The average molecular weight is 373 g/mol. The summed E-state index contributed by atoms with van der Waals surface area (Å²) in [4.78, 5) is 12.9. The second-order valence-electron chi connectivity index (χ2n) is 10.1. The normalized spacial score (nSPS) is 34.2. The molecule has 0 heterocycles. The van der Waals surface area contributed by atoms with E-state index in [9.17, 15) is 9.90 Å². The molecular formula is C25H27NO2. The van der Waals surface area contributed by atoms with Gasteiger partial charge >= 0.3 is 0 Å². The van der Waals surface area contributed by atoms with Crippen molar-refractivity contribution >= 4 is 11.6 Å². The van der Waals surface area contributed by atoms with E-state index in [1.165, 1.54) is 28.7 Å². The number of hydrogen-bond donors (Lipinski definition) is 2. The Labute approximate surface area is 166 Å². The third-order valence-corrected chi connectivity index (χ3v) is 7.76. The highest BCUT2D eigenvalue weighted by molar-refractivity contribution is 5.92. The first kappa shape index (κ1) is 16.8. The molecule has 0 radical (unpaired) electrons. The molecule has 2 aromatic carbocycles. The number of aliphatic hydroxyl groups is 1. The number of benzene rings is 2. The Balaban J connectivity index is 1.19. The zero-order valence-corrected chi connectivity index (χ0v) is 16.2. The van der Waals surface area contributed by atoms with Crippen molar-refractivity contribution in [2.24, 2.45) is 17.3 Å². The molecule has 144 valence electrons. The molecule has 0 saturated heterocycles. The van der Waals surface area contributed by atoms with Crippen LogP contribution >= 0.6 is 0 Å². The van der Waals surface area contributed by atoms with Crippen LogP contribution in [0, 0.1) is 17.3 Å². The van der Waals surface area contributed by atoms with Crippen LogP contribution in [0.3, 0.4) is 0 Å². The molecule has 0 aliphatic heterocycles. The lowest BCUT2D eigenvalue weighted by Gasteiger charge is -2.60. The summed E-state index contributed by atoms with van der Waals surface area (Å²) < 4.78 is 0. The number of anilines is 1. The number of carbonyl (C=O) groups excluding carboxylic acids is 1. The van der Waals surface area contributed by atoms with Gasteiger partial charge in [0.05, 0.1) is 5.60 Å². The summed E-state index contributed by atoms with van der Waals surface area (Å²) in [6.07, 6.45) is 7.74. The minimum atomic E-state index is -0.496. The van der Waals surface area contributed by atoms with Gasteiger partial charge in [0.1, 0.15) is 0 Å². The van der Waals surface area contributed by atoms with Crippen molar-refractivity contribution in [3.63, 3.8) is 0 Å². The van der Waals surface area contributed by atoms with Gasteiger partial charge in [0.25, 0.3) is 0 Å². The number of hydrogen-bond acceptors (Lipinski definition) is 2. The summed E-state index contributed by atoms with van der Waals surface area (Å²) in [5.41, 5.74) is 5.69. The molecule has 2 aromatic rings. The summed E-state index contributed by atoms with van der Waals surface area (Å²) in [6, 6.07) is 14.9. The van der Waals surface area contributed by atoms with Gasteiger partial charge in [-0.1, -0.05) is 30.3 Å². The first-order valence-corrected chi connectivity index (χ1v) is 10.7. The fourth-order valence-corrected chi connectivity index (χ4v) is 7.38. The minimum absolute atomic E-state index is 0.0237. The van der Waals surface area contributed by atoms with Crippen LogP contribution in [-0.2, 0) is 11.2 Å². The molecule has 2 atom stereocenters. The van der Waals surface area contributed by atoms with Gasteiger partial charge in [0, 0.05) is 12.1 Å². The topological polar surface area (TPSA) is 49.3 Å². The molecule has 2 N–H and O–H groups in total. The van der Waals surface area contributed by atoms with Gasteiger partial charge in [-0.15, -0.1) is 0 Å². The van der Waals surface area contributed by atoms with Crippen molar-refractivity contribution in [1.29, 1.82) is 0 Å². The molecule has 3 heteroatoms. The second-order valence-corrected chi connectivity index (χ2v) is 10.1. The van der Waals surface area contributed by atoms with E-state index in [4.69, 9.17) is 0 Å². The highest BCUT2D eigenvalue weighted by atomic mass is 16.3. The lowest BCUT2D eigenvalue weighted by molar-refractivity contribution is -0.167. The van der Waals surface area contributed by atoms with Gasteiger partial charge in [-0.25, -0.2) is 0 Å². The maximum atomic E-state index is 12.9. The van der Waals surface area contributed by atoms with Crippen molar-refractivity contribution in [2.45, 2.75) is 57.0 Å². The molecule has 5 aliphatic rings.